The molecule has 4 aliphatic rings. The van der Waals surface area contributed by atoms with E-state index >= 15 is 0 Å². The molecule has 4 nitrogen and oxygen atoms in total. The van der Waals surface area contributed by atoms with Crippen molar-refractivity contribution < 1.29 is 19.7 Å². The van der Waals surface area contributed by atoms with Gasteiger partial charge in [0.25, 0.3) is 0 Å². The van der Waals surface area contributed by atoms with E-state index in [0.29, 0.717) is 9.87 Å². The van der Waals surface area contributed by atoms with Gasteiger partial charge in [0.15, 0.2) is 0 Å². The van der Waals surface area contributed by atoms with E-state index in [1.54, 1.807) is 0 Å². The summed E-state index contributed by atoms with van der Waals surface area (Å²) in [6, 6.07) is 0. The maximum atomic E-state index is 11.8. The Balaban J connectivity index is 1.88. The summed E-state index contributed by atoms with van der Waals surface area (Å²) in [6.45, 7) is 17.0. The topological polar surface area (TPSA) is 58.9 Å². The van der Waals surface area contributed by atoms with Crippen LogP contribution in [0.15, 0.2) is 35.6 Å². The molecular weight excluding hydrogens is 570 g/mol. The van der Waals surface area contributed by atoms with Crippen LogP contribution in [0.2, 0.25) is 0 Å². The summed E-state index contributed by atoms with van der Waals surface area (Å²) in [5.74, 6) is 0.728. The fourth-order valence-corrected chi connectivity index (χ4v) is 40.4. The number of rotatable bonds is 2. The molecule has 6 heteroatoms. The van der Waals surface area contributed by atoms with E-state index in [1.807, 2.05) is 6.92 Å². The average Bonchev–Trinajstić information content (AvgIpc) is 2.57. The number of aliphatic hydroxyl groups excluding tert-OH is 1. The van der Waals surface area contributed by atoms with Gasteiger partial charge in [0.2, 0.25) is 0 Å². The second-order valence-electron chi connectivity index (χ2n) is 8.58. The molecule has 6 atom stereocenters. The molecule has 0 saturated carbocycles. The van der Waals surface area contributed by atoms with Gasteiger partial charge in [0, 0.05) is 0 Å². The molecule has 3 aliphatic heterocycles. The van der Waals surface area contributed by atoms with E-state index in [0.717, 1.165) is 33.9 Å². The normalized spacial score (nSPS) is 46.7. The summed E-state index contributed by atoms with van der Waals surface area (Å²) < 4.78 is 14.0. The second kappa shape index (κ2) is 6.96. The summed E-state index contributed by atoms with van der Waals surface area (Å²) in [7, 11) is 0. The van der Waals surface area contributed by atoms with Crippen molar-refractivity contribution in [2.24, 2.45) is 5.92 Å². The number of hydrogen-bond acceptors (Lipinski definition) is 4. The van der Waals surface area contributed by atoms with Crippen molar-refractivity contribution in [1.82, 2.24) is 0 Å². The van der Waals surface area contributed by atoms with Crippen LogP contribution in [0.1, 0.15) is 47.0 Å². The Morgan fingerprint density at radius 1 is 1.41 bits per heavy atom. The first-order chi connectivity index (χ1) is 12.6. The first-order valence-corrected chi connectivity index (χ1v) is 21.3. The summed E-state index contributed by atoms with van der Waals surface area (Å²) in [5, 5.41) is 23.1. The minimum absolute atomic E-state index is 0.0600. The van der Waals surface area contributed by atoms with Gasteiger partial charge in [-0.2, -0.15) is 0 Å². The van der Waals surface area contributed by atoms with Crippen molar-refractivity contribution in [3.63, 3.8) is 0 Å². The van der Waals surface area contributed by atoms with Crippen molar-refractivity contribution in [2.75, 3.05) is 9.04 Å². The summed E-state index contributed by atoms with van der Waals surface area (Å²) in [5.41, 5.74) is 2.85. The molecule has 1 aliphatic carbocycles. The summed E-state index contributed by atoms with van der Waals surface area (Å²) in [6.07, 6.45) is 1.75. The molecule has 0 amide bonds. The fraction of sp³-hybridized carbons (Fsp3) is 0.714. The van der Waals surface area contributed by atoms with Gasteiger partial charge < -0.3 is 0 Å². The van der Waals surface area contributed by atoms with Gasteiger partial charge in [0.05, 0.1) is 0 Å². The van der Waals surface area contributed by atoms with E-state index in [2.05, 4.69) is 33.9 Å². The van der Waals surface area contributed by atoms with Gasteiger partial charge in [-0.3, -0.25) is 0 Å². The van der Waals surface area contributed by atoms with Crippen LogP contribution in [0, 0.1) is 5.92 Å². The van der Waals surface area contributed by atoms with E-state index in [-0.39, 0.29) is 15.4 Å². The molecule has 0 aromatic rings. The number of ether oxygens (including phenoxy) is 2. The van der Waals surface area contributed by atoms with Crippen molar-refractivity contribution in [3.8, 4) is 0 Å². The van der Waals surface area contributed by atoms with Crippen LogP contribution in [0.25, 0.3) is 0 Å². The van der Waals surface area contributed by atoms with Crippen LogP contribution in [0.3, 0.4) is 0 Å². The van der Waals surface area contributed by atoms with E-state index in [9.17, 15) is 10.2 Å². The molecule has 2 N–H and O–H groups in total. The molecule has 4 rings (SSSR count). The molecule has 154 valence electrons. The third-order valence-electron chi connectivity index (χ3n) is 6.89. The number of hydrogen-bond donors (Lipinski definition) is 2. The third kappa shape index (κ3) is 2.99. The van der Waals surface area contributed by atoms with Crippen LogP contribution in [0.4, 0.5) is 0 Å². The van der Waals surface area contributed by atoms with Crippen molar-refractivity contribution in [2.45, 2.75) is 72.3 Å². The molecule has 0 aromatic heterocycles. The molecule has 2 bridgehead atoms. The summed E-state index contributed by atoms with van der Waals surface area (Å²) >= 11 is -2.99. The van der Waals surface area contributed by atoms with Crippen molar-refractivity contribution >= 4 is 31.7 Å². The monoisotopic (exact) mass is 602 g/mol. The van der Waals surface area contributed by atoms with Gasteiger partial charge in [-0.25, -0.2) is 0 Å². The first kappa shape index (κ1) is 20.6. The zero-order valence-corrected chi connectivity index (χ0v) is 21.0. The Labute approximate surface area is 173 Å². The van der Waals surface area contributed by atoms with Crippen LogP contribution in [0.5, 0.6) is 0 Å². The van der Waals surface area contributed by atoms with Gasteiger partial charge in [0.1, 0.15) is 0 Å². The average molecular weight is 602 g/mol. The fourth-order valence-electron chi connectivity index (χ4n) is 4.84. The van der Waals surface area contributed by atoms with E-state index in [1.165, 1.54) is 11.1 Å². The van der Waals surface area contributed by atoms with Gasteiger partial charge >= 0.3 is 174 Å². The minimum atomic E-state index is -1.71. The zero-order chi connectivity index (χ0) is 19.7. The second-order valence-corrected chi connectivity index (χ2v) is 30.9. The predicted octanol–water partition coefficient (Wildman–Crippen LogP) is 4.72. The molecule has 0 radical (unpaired) electrons. The first-order valence-electron chi connectivity index (χ1n) is 9.64. The van der Waals surface area contributed by atoms with Crippen LogP contribution in [-0.4, -0.2) is 44.6 Å². The Kier molecular flexibility index (Phi) is 5.32. The number of aliphatic hydroxyl groups is 2. The molecule has 3 fully saturated rings. The predicted molar refractivity (Wildman–Crippen MR) is 127 cm³/mol. The molecular formula is C21H32I2O4. The van der Waals surface area contributed by atoms with E-state index < -0.39 is 43.4 Å². The standard InChI is InChI=1S/C21H32I2O4/c1-12(2)27-19-15(5)20(6)16(24)9-17-22(11-26-17)23(20)10-21(25)8-7-13(3)18(19)14(21)4/h14,16-17,19,24-25H,1,5,7-11H2,2-4,6H3/t14-,16+,17-,19+,20-,21-/m1/s1. The van der Waals surface area contributed by atoms with E-state index in [4.69, 9.17) is 9.47 Å². The van der Waals surface area contributed by atoms with Crippen molar-refractivity contribution in [3.05, 3.63) is 35.6 Å². The van der Waals surface area contributed by atoms with Crippen LogP contribution >= 0.6 is 31.7 Å². The SMILES string of the molecule is C=C(C)O[C@H]1C(=C)[C@]2(C)[C@@H](O)C[C@H]3OCI3I2C[C@]2(O)CCC(C)=C1[C@H]2C. The Morgan fingerprint density at radius 3 is 2.70 bits per heavy atom. The number of allylic oxidation sites excluding steroid dienone is 2. The third-order valence-corrected chi connectivity index (χ3v) is 38.5. The van der Waals surface area contributed by atoms with Crippen LogP contribution in [-0.2, 0) is 9.47 Å². The number of halogens is 2. The Bertz CT molecular complexity index is 719. The van der Waals surface area contributed by atoms with Gasteiger partial charge in [-0.15, -0.1) is 0 Å². The molecule has 0 aromatic carbocycles. The summed E-state index contributed by atoms with van der Waals surface area (Å²) in [4.78, 5) is 0. The van der Waals surface area contributed by atoms with Crippen molar-refractivity contribution in [1.29, 1.82) is 0 Å². The maximum absolute atomic E-state index is 11.8. The number of fused-ring (bicyclic) bond motifs is 5. The number of alkyl halides is 4. The van der Waals surface area contributed by atoms with Gasteiger partial charge in [-0.05, 0) is 0 Å². The zero-order valence-electron chi connectivity index (χ0n) is 16.7. The molecule has 0 unspecified atom stereocenters. The Morgan fingerprint density at radius 2 is 2.11 bits per heavy atom. The molecule has 27 heavy (non-hydrogen) atoms. The molecule has 3 heterocycles. The quantitative estimate of drug-likeness (QED) is 0.208. The van der Waals surface area contributed by atoms with Gasteiger partial charge in [-0.1, -0.05) is 0 Å². The molecule has 0 spiro atoms. The molecule has 3 saturated heterocycles. The van der Waals surface area contributed by atoms with Crippen LogP contribution < -0.4 is 0 Å². The Hall–Kier alpha value is 0.360.